The van der Waals surface area contributed by atoms with Crippen LogP contribution >= 0.6 is 11.6 Å². The van der Waals surface area contributed by atoms with Gasteiger partial charge in [-0.05, 0) is 6.42 Å². The van der Waals surface area contributed by atoms with Crippen LogP contribution in [0.3, 0.4) is 0 Å². The highest BCUT2D eigenvalue weighted by Gasteiger charge is 2.07. The summed E-state index contributed by atoms with van der Waals surface area (Å²) in [6.45, 7) is 4.70. The number of methoxy groups -OCH3 is 1. The van der Waals surface area contributed by atoms with Crippen molar-refractivity contribution < 1.29 is 9.47 Å². The molecule has 0 amide bonds. The monoisotopic (exact) mass is 246 g/mol. The molecule has 0 saturated carbocycles. The van der Waals surface area contributed by atoms with Crippen molar-refractivity contribution in [1.82, 2.24) is 9.78 Å². The molecule has 0 saturated heterocycles. The zero-order valence-corrected chi connectivity index (χ0v) is 10.6. The molecule has 0 aliphatic carbocycles. The summed E-state index contributed by atoms with van der Waals surface area (Å²) >= 11 is 6.11. The minimum absolute atomic E-state index is 0.0585. The summed E-state index contributed by atoms with van der Waals surface area (Å²) in [4.78, 5) is 0. The van der Waals surface area contributed by atoms with Crippen LogP contribution in [-0.4, -0.2) is 36.7 Å². The molecule has 0 spiro atoms. The highest BCUT2D eigenvalue weighted by Crippen LogP contribution is 2.22. The molecule has 0 aliphatic heterocycles. The second-order valence-corrected chi connectivity index (χ2v) is 4.04. The van der Waals surface area contributed by atoms with E-state index in [-0.39, 0.29) is 5.38 Å². The van der Waals surface area contributed by atoms with E-state index < -0.39 is 0 Å². The molecule has 0 aliphatic rings. The largest absolute Gasteiger partial charge is 0.382 e. The quantitative estimate of drug-likeness (QED) is 0.521. The molecule has 1 rings (SSSR count). The maximum Gasteiger partial charge on any atom is 0.0701 e. The van der Waals surface area contributed by atoms with E-state index in [4.69, 9.17) is 21.1 Å². The second kappa shape index (κ2) is 7.65. The molecule has 1 aromatic rings. The van der Waals surface area contributed by atoms with Gasteiger partial charge in [-0.3, -0.25) is 4.68 Å². The second-order valence-electron chi connectivity index (χ2n) is 3.52. The minimum atomic E-state index is 0.0585. The molecule has 0 bridgehead atoms. The van der Waals surface area contributed by atoms with Crippen LogP contribution in [0.1, 0.15) is 24.3 Å². The van der Waals surface area contributed by atoms with Gasteiger partial charge in [-0.25, -0.2) is 0 Å². The van der Waals surface area contributed by atoms with Gasteiger partial charge in [0, 0.05) is 18.9 Å². The Morgan fingerprint density at radius 1 is 1.44 bits per heavy atom. The van der Waals surface area contributed by atoms with E-state index in [0.29, 0.717) is 19.8 Å². The number of rotatable bonds is 8. The van der Waals surface area contributed by atoms with Crippen LogP contribution in [0.2, 0.25) is 0 Å². The Morgan fingerprint density at radius 3 is 2.94 bits per heavy atom. The lowest BCUT2D eigenvalue weighted by atomic mass is 10.2. The Morgan fingerprint density at radius 2 is 2.25 bits per heavy atom. The molecule has 0 N–H and O–H groups in total. The smallest absolute Gasteiger partial charge is 0.0701 e. The van der Waals surface area contributed by atoms with Crippen molar-refractivity contribution in [3.63, 3.8) is 0 Å². The van der Waals surface area contributed by atoms with E-state index >= 15 is 0 Å². The molecule has 1 atom stereocenters. The highest BCUT2D eigenvalue weighted by molar-refractivity contribution is 6.20. The van der Waals surface area contributed by atoms with Crippen molar-refractivity contribution in [1.29, 1.82) is 0 Å². The number of nitrogens with zero attached hydrogens (tertiary/aromatic N) is 2. The van der Waals surface area contributed by atoms with Crippen molar-refractivity contribution in [2.24, 2.45) is 0 Å². The van der Waals surface area contributed by atoms with Crippen LogP contribution in [0.5, 0.6) is 0 Å². The normalized spacial score (nSPS) is 12.9. The van der Waals surface area contributed by atoms with Crippen molar-refractivity contribution in [3.8, 4) is 0 Å². The number of alkyl halides is 1. The Labute approximate surface area is 101 Å². The molecule has 0 radical (unpaired) electrons. The number of hydrogen-bond acceptors (Lipinski definition) is 3. The van der Waals surface area contributed by atoms with Crippen LogP contribution < -0.4 is 0 Å². The number of ether oxygens (including phenoxy) is 2. The predicted molar refractivity (Wildman–Crippen MR) is 63.8 cm³/mol. The van der Waals surface area contributed by atoms with E-state index in [1.807, 2.05) is 17.1 Å². The van der Waals surface area contributed by atoms with Gasteiger partial charge in [0.25, 0.3) is 0 Å². The first-order valence-electron chi connectivity index (χ1n) is 5.51. The lowest BCUT2D eigenvalue weighted by Gasteiger charge is -2.04. The van der Waals surface area contributed by atoms with Gasteiger partial charge < -0.3 is 9.47 Å². The van der Waals surface area contributed by atoms with E-state index in [1.165, 1.54) is 0 Å². The first-order chi connectivity index (χ1) is 7.77. The van der Waals surface area contributed by atoms with Gasteiger partial charge in [-0.2, -0.15) is 5.10 Å². The molecule has 92 valence electrons. The third-order valence-electron chi connectivity index (χ3n) is 2.27. The average Bonchev–Trinajstić information content (AvgIpc) is 2.76. The Bertz CT molecular complexity index is 291. The van der Waals surface area contributed by atoms with Crippen LogP contribution in [0.25, 0.3) is 0 Å². The topological polar surface area (TPSA) is 36.3 Å². The fraction of sp³-hybridized carbons (Fsp3) is 0.727. The Hall–Kier alpha value is -0.580. The van der Waals surface area contributed by atoms with Crippen LogP contribution in [0.15, 0.2) is 12.4 Å². The molecule has 4 nitrogen and oxygen atoms in total. The maximum absolute atomic E-state index is 6.11. The first kappa shape index (κ1) is 13.5. The van der Waals surface area contributed by atoms with Crippen molar-refractivity contribution in [2.75, 3.05) is 26.9 Å². The fourth-order valence-corrected chi connectivity index (χ4v) is 1.41. The lowest BCUT2D eigenvalue weighted by Crippen LogP contribution is -2.09. The van der Waals surface area contributed by atoms with Gasteiger partial charge in [0.2, 0.25) is 0 Å². The molecule has 0 aromatic carbocycles. The third-order valence-corrected chi connectivity index (χ3v) is 2.83. The van der Waals surface area contributed by atoms with Crippen LogP contribution in [0.4, 0.5) is 0 Å². The third kappa shape index (κ3) is 4.51. The molecular weight excluding hydrogens is 228 g/mol. The van der Waals surface area contributed by atoms with Gasteiger partial charge in [0.1, 0.15) is 0 Å². The SMILES string of the molecule is CCC(Cl)c1cnn(CCOCCOC)c1. The average molecular weight is 247 g/mol. The molecule has 1 heterocycles. The van der Waals surface area contributed by atoms with Crippen molar-refractivity contribution in [2.45, 2.75) is 25.3 Å². The summed E-state index contributed by atoms with van der Waals surface area (Å²) in [5.74, 6) is 0. The van der Waals surface area contributed by atoms with Crippen LogP contribution in [0, 0.1) is 0 Å². The van der Waals surface area contributed by atoms with Crippen molar-refractivity contribution >= 4 is 11.6 Å². The van der Waals surface area contributed by atoms with E-state index in [9.17, 15) is 0 Å². The van der Waals surface area contributed by atoms with Crippen molar-refractivity contribution in [3.05, 3.63) is 18.0 Å². The number of hydrogen-bond donors (Lipinski definition) is 0. The molecule has 1 unspecified atom stereocenters. The standard InChI is InChI=1S/C11H19ClN2O2/c1-3-11(12)10-8-13-14(9-10)4-5-16-7-6-15-2/h8-9,11H,3-7H2,1-2H3. The summed E-state index contributed by atoms with van der Waals surface area (Å²) in [5.41, 5.74) is 1.07. The first-order valence-corrected chi connectivity index (χ1v) is 5.94. The Balaban J connectivity index is 2.24. The molecule has 5 heteroatoms. The molecule has 1 aromatic heterocycles. The van der Waals surface area contributed by atoms with Gasteiger partial charge >= 0.3 is 0 Å². The number of aromatic nitrogens is 2. The van der Waals surface area contributed by atoms with Crippen LogP contribution in [-0.2, 0) is 16.0 Å². The van der Waals surface area contributed by atoms with E-state index in [0.717, 1.165) is 18.5 Å². The summed E-state index contributed by atoms with van der Waals surface area (Å²) in [7, 11) is 1.66. The summed E-state index contributed by atoms with van der Waals surface area (Å²) in [5, 5.41) is 4.28. The van der Waals surface area contributed by atoms with Gasteiger partial charge in [-0.1, -0.05) is 6.92 Å². The molecular formula is C11H19ClN2O2. The molecule has 16 heavy (non-hydrogen) atoms. The summed E-state index contributed by atoms with van der Waals surface area (Å²) < 4.78 is 12.1. The van der Waals surface area contributed by atoms with E-state index in [1.54, 1.807) is 7.11 Å². The maximum atomic E-state index is 6.11. The van der Waals surface area contributed by atoms with Gasteiger partial charge in [-0.15, -0.1) is 11.6 Å². The number of halogens is 1. The zero-order valence-electron chi connectivity index (χ0n) is 9.86. The van der Waals surface area contributed by atoms with E-state index in [2.05, 4.69) is 12.0 Å². The van der Waals surface area contributed by atoms with Gasteiger partial charge in [0.05, 0.1) is 37.9 Å². The summed E-state index contributed by atoms with van der Waals surface area (Å²) in [6, 6.07) is 0. The molecule has 0 fully saturated rings. The zero-order chi connectivity index (χ0) is 11.8. The minimum Gasteiger partial charge on any atom is -0.382 e. The predicted octanol–water partition coefficient (Wildman–Crippen LogP) is 2.24. The Kier molecular flexibility index (Phi) is 6.45. The summed E-state index contributed by atoms with van der Waals surface area (Å²) in [6.07, 6.45) is 4.70. The fourth-order valence-electron chi connectivity index (χ4n) is 1.30. The highest BCUT2D eigenvalue weighted by atomic mass is 35.5. The lowest BCUT2D eigenvalue weighted by molar-refractivity contribution is 0.0654. The van der Waals surface area contributed by atoms with Gasteiger partial charge in [0.15, 0.2) is 0 Å².